The van der Waals surface area contributed by atoms with Gasteiger partial charge in [-0.05, 0) is 37.8 Å². The Morgan fingerprint density at radius 3 is 2.35 bits per heavy atom. The number of aliphatic hydroxyl groups is 1. The summed E-state index contributed by atoms with van der Waals surface area (Å²) in [7, 11) is 0. The van der Waals surface area contributed by atoms with Crippen LogP contribution in [0.3, 0.4) is 0 Å². The molecular formula is C11H14F3NOS. The van der Waals surface area contributed by atoms with E-state index in [0.29, 0.717) is 41.9 Å². The number of rotatable bonds is 1. The van der Waals surface area contributed by atoms with Crippen molar-refractivity contribution in [2.45, 2.75) is 43.5 Å². The van der Waals surface area contributed by atoms with Crippen molar-refractivity contribution >= 4 is 11.3 Å². The lowest BCUT2D eigenvalue weighted by Gasteiger charge is -2.34. The van der Waals surface area contributed by atoms with E-state index in [1.165, 1.54) is 6.07 Å². The van der Waals surface area contributed by atoms with Crippen molar-refractivity contribution in [3.63, 3.8) is 0 Å². The van der Waals surface area contributed by atoms with Gasteiger partial charge in [-0.3, -0.25) is 0 Å². The molecule has 0 unspecified atom stereocenters. The molecule has 0 aromatic carbocycles. The molecule has 0 spiro atoms. The van der Waals surface area contributed by atoms with E-state index < -0.39 is 16.6 Å². The predicted molar refractivity (Wildman–Crippen MR) is 59.7 cm³/mol. The summed E-state index contributed by atoms with van der Waals surface area (Å²) in [6, 6.07) is 2.55. The topological polar surface area (TPSA) is 46.2 Å². The Bertz CT molecular complexity index is 394. The summed E-state index contributed by atoms with van der Waals surface area (Å²) in [5.41, 5.74) is 5.43. The molecule has 0 amide bonds. The largest absolute Gasteiger partial charge is 0.425 e. The highest BCUT2D eigenvalue weighted by Crippen LogP contribution is 2.42. The Balaban J connectivity index is 2.20. The quantitative estimate of drug-likeness (QED) is 0.820. The molecule has 96 valence electrons. The van der Waals surface area contributed by atoms with Crippen LogP contribution >= 0.6 is 11.3 Å². The summed E-state index contributed by atoms with van der Waals surface area (Å²) in [5.74, 6) is 0. The lowest BCUT2D eigenvalue weighted by molar-refractivity contribution is -0.134. The first-order valence-corrected chi connectivity index (χ1v) is 6.27. The van der Waals surface area contributed by atoms with E-state index in [2.05, 4.69) is 0 Å². The zero-order valence-electron chi connectivity index (χ0n) is 9.13. The Labute approximate surface area is 101 Å². The molecule has 2 rings (SSSR count). The molecule has 1 aromatic heterocycles. The number of aliphatic hydroxyl groups excluding tert-OH is 1. The maximum Gasteiger partial charge on any atom is 0.425 e. The molecule has 0 radical (unpaired) electrons. The van der Waals surface area contributed by atoms with Crippen LogP contribution in [-0.2, 0) is 11.7 Å². The van der Waals surface area contributed by atoms with Crippen LogP contribution in [0, 0.1) is 0 Å². The molecule has 2 nitrogen and oxygen atoms in total. The van der Waals surface area contributed by atoms with Crippen LogP contribution in [0.25, 0.3) is 0 Å². The average molecular weight is 265 g/mol. The van der Waals surface area contributed by atoms with E-state index >= 15 is 0 Å². The zero-order chi connectivity index (χ0) is 12.7. The molecule has 1 saturated carbocycles. The maximum atomic E-state index is 12.5. The van der Waals surface area contributed by atoms with Crippen molar-refractivity contribution in [2.75, 3.05) is 0 Å². The summed E-state index contributed by atoms with van der Waals surface area (Å²) in [6.07, 6.45) is -2.49. The highest BCUT2D eigenvalue weighted by atomic mass is 32.1. The summed E-state index contributed by atoms with van der Waals surface area (Å²) in [4.78, 5) is -0.0415. The fraction of sp³-hybridized carbons (Fsp3) is 0.636. The Kier molecular flexibility index (Phi) is 3.22. The van der Waals surface area contributed by atoms with E-state index in [1.807, 2.05) is 0 Å². The van der Waals surface area contributed by atoms with Crippen LogP contribution in [-0.4, -0.2) is 11.2 Å². The van der Waals surface area contributed by atoms with E-state index in [-0.39, 0.29) is 6.10 Å². The van der Waals surface area contributed by atoms with Gasteiger partial charge in [0.25, 0.3) is 0 Å². The number of hydrogen-bond donors (Lipinski definition) is 2. The second kappa shape index (κ2) is 4.26. The molecule has 0 bridgehead atoms. The fourth-order valence-corrected chi connectivity index (χ4v) is 3.15. The second-order valence-electron chi connectivity index (χ2n) is 4.55. The maximum absolute atomic E-state index is 12.5. The monoisotopic (exact) mass is 265 g/mol. The molecule has 1 heterocycles. The minimum Gasteiger partial charge on any atom is -0.393 e. The minimum absolute atomic E-state index is 0.367. The van der Waals surface area contributed by atoms with Crippen LogP contribution in [0.1, 0.15) is 35.4 Å². The number of halogens is 3. The Morgan fingerprint density at radius 2 is 1.88 bits per heavy atom. The van der Waals surface area contributed by atoms with Crippen molar-refractivity contribution in [1.29, 1.82) is 0 Å². The lowest BCUT2D eigenvalue weighted by atomic mass is 9.80. The van der Waals surface area contributed by atoms with E-state index in [9.17, 15) is 18.3 Å². The predicted octanol–water partition coefficient (Wildman–Crippen LogP) is 2.86. The van der Waals surface area contributed by atoms with Crippen LogP contribution in [0.4, 0.5) is 13.2 Å². The zero-order valence-corrected chi connectivity index (χ0v) is 9.94. The summed E-state index contributed by atoms with van der Waals surface area (Å²) in [6.45, 7) is 0. The minimum atomic E-state index is -4.30. The molecule has 1 aromatic rings. The molecule has 1 aliphatic rings. The lowest BCUT2D eigenvalue weighted by Crippen LogP contribution is -2.40. The van der Waals surface area contributed by atoms with E-state index in [0.717, 1.165) is 6.07 Å². The van der Waals surface area contributed by atoms with Gasteiger partial charge >= 0.3 is 6.18 Å². The molecule has 1 aliphatic carbocycles. The van der Waals surface area contributed by atoms with Gasteiger partial charge in [-0.1, -0.05) is 0 Å². The third-order valence-electron chi connectivity index (χ3n) is 3.22. The normalized spacial score (nSPS) is 30.5. The highest BCUT2D eigenvalue weighted by Gasteiger charge is 2.38. The summed E-state index contributed by atoms with van der Waals surface area (Å²) >= 11 is 0.715. The van der Waals surface area contributed by atoms with Crippen LogP contribution in [0.2, 0.25) is 0 Å². The van der Waals surface area contributed by atoms with Crippen LogP contribution in [0.5, 0.6) is 0 Å². The van der Waals surface area contributed by atoms with Gasteiger partial charge in [0.05, 0.1) is 11.6 Å². The van der Waals surface area contributed by atoms with Crippen molar-refractivity contribution in [2.24, 2.45) is 5.73 Å². The number of hydrogen-bond acceptors (Lipinski definition) is 3. The van der Waals surface area contributed by atoms with Gasteiger partial charge in [-0.25, -0.2) is 0 Å². The van der Waals surface area contributed by atoms with Gasteiger partial charge in [0.1, 0.15) is 4.88 Å². The van der Waals surface area contributed by atoms with Crippen molar-refractivity contribution in [1.82, 2.24) is 0 Å². The standard InChI is InChI=1S/C11H14F3NOS/c12-11(13,14)9-2-1-8(17-9)10(15)5-3-7(16)4-6-10/h1-2,7,16H,3-6,15H2. The van der Waals surface area contributed by atoms with Crippen LogP contribution in [0.15, 0.2) is 12.1 Å². The van der Waals surface area contributed by atoms with Crippen molar-refractivity contribution in [3.8, 4) is 0 Å². The van der Waals surface area contributed by atoms with E-state index in [4.69, 9.17) is 5.73 Å². The van der Waals surface area contributed by atoms with Gasteiger partial charge in [0, 0.05) is 4.88 Å². The molecule has 0 saturated heterocycles. The molecule has 6 heteroatoms. The third kappa shape index (κ3) is 2.64. The Hall–Kier alpha value is -0.590. The second-order valence-corrected chi connectivity index (χ2v) is 5.63. The van der Waals surface area contributed by atoms with Crippen LogP contribution < -0.4 is 5.73 Å². The molecule has 0 aliphatic heterocycles. The molecular weight excluding hydrogens is 251 g/mol. The van der Waals surface area contributed by atoms with Gasteiger partial charge < -0.3 is 10.8 Å². The first kappa shape index (κ1) is 12.9. The highest BCUT2D eigenvalue weighted by molar-refractivity contribution is 7.12. The molecule has 1 fully saturated rings. The first-order valence-electron chi connectivity index (χ1n) is 5.46. The fourth-order valence-electron chi connectivity index (χ4n) is 2.12. The first-order chi connectivity index (χ1) is 7.81. The number of alkyl halides is 3. The van der Waals surface area contributed by atoms with Gasteiger partial charge in [-0.15, -0.1) is 11.3 Å². The number of nitrogens with two attached hydrogens (primary N) is 1. The van der Waals surface area contributed by atoms with Gasteiger partial charge in [0.2, 0.25) is 0 Å². The number of thiophene rings is 1. The van der Waals surface area contributed by atoms with Crippen molar-refractivity contribution < 1.29 is 18.3 Å². The van der Waals surface area contributed by atoms with Crippen molar-refractivity contribution in [3.05, 3.63) is 21.9 Å². The third-order valence-corrected chi connectivity index (χ3v) is 4.57. The smallest absolute Gasteiger partial charge is 0.393 e. The van der Waals surface area contributed by atoms with E-state index in [1.54, 1.807) is 0 Å². The van der Waals surface area contributed by atoms with Gasteiger partial charge in [-0.2, -0.15) is 13.2 Å². The Morgan fingerprint density at radius 1 is 1.29 bits per heavy atom. The molecule has 17 heavy (non-hydrogen) atoms. The summed E-state index contributed by atoms with van der Waals surface area (Å²) < 4.78 is 37.5. The summed E-state index contributed by atoms with van der Waals surface area (Å²) in [5, 5.41) is 9.39. The van der Waals surface area contributed by atoms with Gasteiger partial charge in [0.15, 0.2) is 0 Å². The molecule has 3 N–H and O–H groups in total. The SMILES string of the molecule is NC1(c2ccc(C(F)(F)F)s2)CCC(O)CC1. The molecule has 0 atom stereocenters. The average Bonchev–Trinajstić information content (AvgIpc) is 2.72.